The van der Waals surface area contributed by atoms with E-state index in [1.165, 1.54) is 6.20 Å². The van der Waals surface area contributed by atoms with Crippen molar-refractivity contribution in [1.82, 2.24) is 14.6 Å². The molecule has 8 heteroatoms. The third-order valence-electron chi connectivity index (χ3n) is 3.79. The summed E-state index contributed by atoms with van der Waals surface area (Å²) in [6.45, 7) is 0.888. The van der Waals surface area contributed by atoms with Gasteiger partial charge in [0.2, 0.25) is 5.65 Å². The highest BCUT2D eigenvalue weighted by atomic mass is 16.6. The lowest BCUT2D eigenvalue weighted by molar-refractivity contribution is -0.383. The fraction of sp³-hybridized carbons (Fsp3) is 0.455. The molecule has 2 aliphatic rings. The van der Waals surface area contributed by atoms with Crippen LogP contribution in [0.2, 0.25) is 0 Å². The van der Waals surface area contributed by atoms with E-state index in [2.05, 4.69) is 15.0 Å². The second-order valence-corrected chi connectivity index (χ2v) is 5.00. The second-order valence-electron chi connectivity index (χ2n) is 5.00. The molecular weight excluding hydrogens is 248 g/mol. The molecular formula is C11H12N6O2. The van der Waals surface area contributed by atoms with Crippen LogP contribution in [0.25, 0.3) is 5.65 Å². The van der Waals surface area contributed by atoms with E-state index in [0.29, 0.717) is 11.9 Å². The summed E-state index contributed by atoms with van der Waals surface area (Å²) >= 11 is 0. The molecule has 3 heterocycles. The first-order chi connectivity index (χ1) is 9.16. The topological polar surface area (TPSA) is 103 Å². The largest absolute Gasteiger partial charge is 0.383 e. The summed E-state index contributed by atoms with van der Waals surface area (Å²) in [6.07, 6.45) is 4.39. The molecule has 0 saturated heterocycles. The van der Waals surface area contributed by atoms with Crippen LogP contribution in [0.1, 0.15) is 18.4 Å². The highest BCUT2D eigenvalue weighted by Crippen LogP contribution is 2.40. The van der Waals surface area contributed by atoms with Crippen molar-refractivity contribution in [2.45, 2.75) is 25.3 Å². The summed E-state index contributed by atoms with van der Waals surface area (Å²) in [5.41, 5.74) is 7.03. The number of aromatic nitrogens is 3. The van der Waals surface area contributed by atoms with Gasteiger partial charge in [-0.05, 0) is 19.3 Å². The molecule has 1 aliphatic heterocycles. The first-order valence-corrected chi connectivity index (χ1v) is 6.24. The highest BCUT2D eigenvalue weighted by Gasteiger charge is 2.37. The fourth-order valence-corrected chi connectivity index (χ4v) is 2.76. The predicted octanol–water partition coefficient (Wildman–Crippen LogP) is 0.745. The van der Waals surface area contributed by atoms with Crippen molar-refractivity contribution in [3.63, 3.8) is 0 Å². The maximum Gasteiger partial charge on any atom is 0.333 e. The van der Waals surface area contributed by atoms with Crippen molar-refractivity contribution in [2.75, 3.05) is 17.2 Å². The molecule has 98 valence electrons. The quantitative estimate of drug-likeness (QED) is 0.631. The third-order valence-corrected chi connectivity index (χ3v) is 3.79. The van der Waals surface area contributed by atoms with Crippen molar-refractivity contribution in [1.29, 1.82) is 0 Å². The lowest BCUT2D eigenvalue weighted by Crippen LogP contribution is -2.25. The first-order valence-electron chi connectivity index (χ1n) is 6.24. The SMILES string of the molecule is Nc1nc2c([N+](=O)[O-])cnn2c2c1CCN2C1CC1. The average molecular weight is 260 g/mol. The van der Waals surface area contributed by atoms with Crippen molar-refractivity contribution in [2.24, 2.45) is 0 Å². The van der Waals surface area contributed by atoms with Crippen molar-refractivity contribution < 1.29 is 4.92 Å². The summed E-state index contributed by atoms with van der Waals surface area (Å²) in [5, 5.41) is 15.1. The number of nitrogen functional groups attached to an aromatic ring is 1. The van der Waals surface area contributed by atoms with Gasteiger partial charge in [0.1, 0.15) is 17.8 Å². The Morgan fingerprint density at radius 2 is 2.26 bits per heavy atom. The summed E-state index contributed by atoms with van der Waals surface area (Å²) in [5.74, 6) is 1.27. The van der Waals surface area contributed by atoms with E-state index in [1.807, 2.05) is 0 Å². The molecule has 0 aromatic carbocycles. The fourth-order valence-electron chi connectivity index (χ4n) is 2.76. The summed E-state index contributed by atoms with van der Waals surface area (Å²) in [7, 11) is 0. The molecule has 2 aromatic heterocycles. The van der Waals surface area contributed by atoms with Crippen LogP contribution in [-0.4, -0.2) is 32.1 Å². The van der Waals surface area contributed by atoms with Crippen molar-refractivity contribution >= 4 is 23.0 Å². The smallest absolute Gasteiger partial charge is 0.333 e. The molecule has 0 atom stereocenters. The van der Waals surface area contributed by atoms with E-state index in [9.17, 15) is 10.1 Å². The second kappa shape index (κ2) is 3.34. The molecule has 0 amide bonds. The van der Waals surface area contributed by atoms with Gasteiger partial charge in [-0.2, -0.15) is 9.61 Å². The predicted molar refractivity (Wildman–Crippen MR) is 68.1 cm³/mol. The number of nitrogens with two attached hydrogens (primary N) is 1. The van der Waals surface area contributed by atoms with Gasteiger partial charge in [-0.15, -0.1) is 0 Å². The number of rotatable bonds is 2. The van der Waals surface area contributed by atoms with E-state index in [-0.39, 0.29) is 11.3 Å². The van der Waals surface area contributed by atoms with Crippen LogP contribution >= 0.6 is 0 Å². The molecule has 8 nitrogen and oxygen atoms in total. The van der Waals surface area contributed by atoms with Gasteiger partial charge in [0.05, 0.1) is 4.92 Å². The molecule has 0 radical (unpaired) electrons. The Balaban J connectivity index is 2.01. The average Bonchev–Trinajstić information content (AvgIpc) is 2.97. The summed E-state index contributed by atoms with van der Waals surface area (Å²) in [6, 6.07) is 0.523. The lowest BCUT2D eigenvalue weighted by Gasteiger charge is -2.18. The van der Waals surface area contributed by atoms with Gasteiger partial charge in [-0.3, -0.25) is 10.1 Å². The number of anilines is 2. The van der Waals surface area contributed by atoms with Gasteiger partial charge in [0.15, 0.2) is 0 Å². The van der Waals surface area contributed by atoms with Crippen LogP contribution in [0.5, 0.6) is 0 Å². The van der Waals surface area contributed by atoms with Crippen LogP contribution in [0, 0.1) is 10.1 Å². The van der Waals surface area contributed by atoms with E-state index in [1.54, 1.807) is 4.52 Å². The third kappa shape index (κ3) is 1.33. The van der Waals surface area contributed by atoms with E-state index >= 15 is 0 Å². The number of nitro groups is 1. The number of hydrogen-bond acceptors (Lipinski definition) is 6. The zero-order chi connectivity index (χ0) is 13.1. The minimum Gasteiger partial charge on any atom is -0.383 e. The Bertz CT molecular complexity index is 705. The summed E-state index contributed by atoms with van der Waals surface area (Å²) < 4.78 is 1.56. The Hall–Kier alpha value is -2.38. The Kier molecular flexibility index (Phi) is 1.85. The minimum absolute atomic E-state index is 0.0999. The molecule has 4 rings (SSSR count). The van der Waals surface area contributed by atoms with Crippen LogP contribution < -0.4 is 10.6 Å². The molecule has 0 spiro atoms. The van der Waals surface area contributed by atoms with Gasteiger partial charge in [-0.1, -0.05) is 0 Å². The Morgan fingerprint density at radius 1 is 1.47 bits per heavy atom. The number of hydrogen-bond donors (Lipinski definition) is 1. The Labute approximate surface area is 108 Å². The zero-order valence-corrected chi connectivity index (χ0v) is 10.1. The molecule has 0 unspecified atom stereocenters. The maximum absolute atomic E-state index is 11.0. The van der Waals surface area contributed by atoms with Crippen LogP contribution in [0.15, 0.2) is 6.20 Å². The van der Waals surface area contributed by atoms with Crippen molar-refractivity contribution in [3.8, 4) is 0 Å². The lowest BCUT2D eigenvalue weighted by atomic mass is 10.2. The molecule has 19 heavy (non-hydrogen) atoms. The highest BCUT2D eigenvalue weighted by molar-refractivity contribution is 5.72. The van der Waals surface area contributed by atoms with E-state index < -0.39 is 4.92 Å². The molecule has 1 fully saturated rings. The number of fused-ring (bicyclic) bond motifs is 3. The van der Waals surface area contributed by atoms with Gasteiger partial charge >= 0.3 is 5.69 Å². The van der Waals surface area contributed by atoms with Crippen LogP contribution in [0.3, 0.4) is 0 Å². The van der Waals surface area contributed by atoms with Gasteiger partial charge in [0, 0.05) is 18.2 Å². The van der Waals surface area contributed by atoms with E-state index in [0.717, 1.165) is 37.2 Å². The normalized spacial score (nSPS) is 18.0. The summed E-state index contributed by atoms with van der Waals surface area (Å²) in [4.78, 5) is 16.9. The van der Waals surface area contributed by atoms with Gasteiger partial charge in [0.25, 0.3) is 0 Å². The van der Waals surface area contributed by atoms with E-state index in [4.69, 9.17) is 5.73 Å². The van der Waals surface area contributed by atoms with Gasteiger partial charge in [-0.25, -0.2) is 4.98 Å². The maximum atomic E-state index is 11.0. The standard InChI is InChI=1S/C11H12N6O2/c12-9-7-3-4-15(6-1-2-6)11(7)16-10(14-9)8(5-13-16)17(18)19/h5-6H,1-4H2,(H2,12,14). The molecule has 0 bridgehead atoms. The molecule has 2 N–H and O–H groups in total. The molecule has 1 saturated carbocycles. The van der Waals surface area contributed by atoms with Crippen LogP contribution in [0.4, 0.5) is 17.3 Å². The van der Waals surface area contributed by atoms with Crippen LogP contribution in [-0.2, 0) is 6.42 Å². The zero-order valence-electron chi connectivity index (χ0n) is 10.1. The molecule has 1 aliphatic carbocycles. The number of nitrogens with zero attached hydrogens (tertiary/aromatic N) is 5. The van der Waals surface area contributed by atoms with Gasteiger partial charge < -0.3 is 10.6 Å². The Morgan fingerprint density at radius 3 is 2.95 bits per heavy atom. The molecule has 2 aromatic rings. The first kappa shape index (κ1) is 10.5. The van der Waals surface area contributed by atoms with Crippen molar-refractivity contribution in [3.05, 3.63) is 21.9 Å². The minimum atomic E-state index is -0.475. The monoisotopic (exact) mass is 260 g/mol.